The van der Waals surface area contributed by atoms with E-state index in [1.165, 1.54) is 24.3 Å². The Hall–Kier alpha value is -2.26. The number of alkyl halides is 13. The fraction of sp³-hybridized carbons (Fsp3) is 0.667. The summed E-state index contributed by atoms with van der Waals surface area (Å²) < 4.78 is 180. The predicted molar refractivity (Wildman–Crippen MR) is 101 cm³/mol. The molecule has 1 aromatic rings. The predicted octanol–water partition coefficient (Wildman–Crippen LogP) is 7.32. The number of hydrogen-bond acceptors (Lipinski definition) is 3. The normalized spacial score (nSPS) is 15.9. The quantitative estimate of drug-likeness (QED) is 0.134. The minimum absolute atomic E-state index is 0.0326. The number of rotatable bonds is 14. The monoisotopic (exact) mass is 568 g/mol. The van der Waals surface area contributed by atoms with E-state index in [9.17, 15) is 61.9 Å². The molecule has 0 aliphatic rings. The van der Waals surface area contributed by atoms with Crippen molar-refractivity contribution in [2.75, 3.05) is 6.61 Å². The molecule has 0 aliphatic carbocycles. The standard InChI is InChI=1S/C21H21F13O3/c1-12(10-35)13(2)37-11-14-4-6-15(7-5-14)36-9-3-8-16(22,23)17(24,25)18(26,27)19(28,29)20(30,31)21(32,33)34/h4-7,10,12-13H,3,8-9,11H2,1-2H3/t12-,13-/m1/s1. The molecule has 0 bridgehead atoms. The topological polar surface area (TPSA) is 35.5 Å². The molecule has 2 atom stereocenters. The Bertz CT molecular complexity index is 883. The lowest BCUT2D eigenvalue weighted by atomic mass is 9.92. The maximum Gasteiger partial charge on any atom is 0.460 e. The van der Waals surface area contributed by atoms with Crippen molar-refractivity contribution in [2.45, 2.75) is 75.2 Å². The first-order valence-electron chi connectivity index (χ1n) is 10.3. The van der Waals surface area contributed by atoms with Gasteiger partial charge in [0, 0.05) is 12.3 Å². The molecule has 0 unspecified atom stereocenters. The molecule has 1 aromatic carbocycles. The van der Waals surface area contributed by atoms with E-state index in [1.807, 2.05) is 0 Å². The van der Waals surface area contributed by atoms with Crippen molar-refractivity contribution >= 4 is 6.29 Å². The van der Waals surface area contributed by atoms with Gasteiger partial charge in [0.05, 0.1) is 19.3 Å². The van der Waals surface area contributed by atoms with Crippen molar-refractivity contribution in [2.24, 2.45) is 5.92 Å². The molecule has 0 heterocycles. The van der Waals surface area contributed by atoms with Gasteiger partial charge in [0.1, 0.15) is 12.0 Å². The number of carbonyl (C=O) groups is 1. The molecule has 0 radical (unpaired) electrons. The minimum Gasteiger partial charge on any atom is -0.494 e. The molecule has 37 heavy (non-hydrogen) atoms. The lowest BCUT2D eigenvalue weighted by Crippen LogP contribution is -2.70. The van der Waals surface area contributed by atoms with Crippen LogP contribution in [0.3, 0.4) is 0 Å². The van der Waals surface area contributed by atoms with Crippen LogP contribution in [0.1, 0.15) is 32.3 Å². The summed E-state index contributed by atoms with van der Waals surface area (Å²) in [6.45, 7) is 2.47. The van der Waals surface area contributed by atoms with Gasteiger partial charge in [0.2, 0.25) is 0 Å². The third-order valence-electron chi connectivity index (χ3n) is 5.29. The molecule has 214 valence electrons. The summed E-state index contributed by atoms with van der Waals surface area (Å²) in [6, 6.07) is 5.40. The SMILES string of the molecule is C[C@H](C=O)[C@@H](C)OCc1ccc(OCCCC(F)(F)C(F)(F)C(F)(F)C(F)(F)C(F)(F)C(F)(F)F)cc1. The zero-order chi connectivity index (χ0) is 29.1. The Morgan fingerprint density at radius 3 is 1.70 bits per heavy atom. The molecule has 0 aliphatic heterocycles. The molecule has 0 aromatic heterocycles. The van der Waals surface area contributed by atoms with Crippen LogP contribution in [-0.2, 0) is 16.1 Å². The first-order chi connectivity index (χ1) is 16.6. The lowest BCUT2D eigenvalue weighted by Gasteiger charge is -2.39. The van der Waals surface area contributed by atoms with Crippen LogP contribution >= 0.6 is 0 Å². The first kappa shape index (κ1) is 32.8. The van der Waals surface area contributed by atoms with Crippen LogP contribution in [0.5, 0.6) is 5.75 Å². The van der Waals surface area contributed by atoms with Crippen molar-refractivity contribution in [1.82, 2.24) is 0 Å². The molecule has 0 saturated carbocycles. The summed E-state index contributed by atoms with van der Waals surface area (Å²) >= 11 is 0. The highest BCUT2D eigenvalue weighted by Gasteiger charge is 2.90. The van der Waals surface area contributed by atoms with Crippen LogP contribution in [0.15, 0.2) is 24.3 Å². The molecule has 0 amide bonds. The summed E-state index contributed by atoms with van der Waals surface area (Å²) in [5.74, 6) is -37.3. The van der Waals surface area contributed by atoms with E-state index >= 15 is 0 Å². The summed E-state index contributed by atoms with van der Waals surface area (Å²) in [5, 5.41) is 0. The van der Waals surface area contributed by atoms with Gasteiger partial charge in [-0.2, -0.15) is 57.1 Å². The minimum atomic E-state index is -7.91. The van der Waals surface area contributed by atoms with E-state index in [1.54, 1.807) is 13.8 Å². The third kappa shape index (κ3) is 6.60. The van der Waals surface area contributed by atoms with E-state index in [0.29, 0.717) is 11.8 Å². The van der Waals surface area contributed by atoms with Gasteiger partial charge < -0.3 is 14.3 Å². The van der Waals surface area contributed by atoms with Gasteiger partial charge in [-0.15, -0.1) is 0 Å². The van der Waals surface area contributed by atoms with Gasteiger partial charge in [-0.1, -0.05) is 19.1 Å². The zero-order valence-corrected chi connectivity index (χ0v) is 19.0. The van der Waals surface area contributed by atoms with Crippen LogP contribution < -0.4 is 4.74 Å². The number of aldehydes is 1. The Morgan fingerprint density at radius 2 is 1.24 bits per heavy atom. The Balaban J connectivity index is 2.79. The van der Waals surface area contributed by atoms with Crippen LogP contribution in [0, 0.1) is 5.92 Å². The molecule has 0 spiro atoms. The van der Waals surface area contributed by atoms with Crippen molar-refractivity contribution in [1.29, 1.82) is 0 Å². The second kappa shape index (κ2) is 11.2. The maximum atomic E-state index is 13.7. The summed E-state index contributed by atoms with van der Waals surface area (Å²) in [7, 11) is 0. The lowest BCUT2D eigenvalue weighted by molar-refractivity contribution is -0.440. The average molecular weight is 568 g/mol. The van der Waals surface area contributed by atoms with Gasteiger partial charge in [-0.25, -0.2) is 0 Å². The molecular formula is C21H21F13O3. The fourth-order valence-electron chi connectivity index (χ4n) is 2.62. The van der Waals surface area contributed by atoms with Crippen LogP contribution in [0.4, 0.5) is 57.1 Å². The van der Waals surface area contributed by atoms with E-state index in [2.05, 4.69) is 0 Å². The highest BCUT2D eigenvalue weighted by Crippen LogP contribution is 2.60. The van der Waals surface area contributed by atoms with Gasteiger partial charge >= 0.3 is 35.8 Å². The van der Waals surface area contributed by atoms with E-state index < -0.39 is 61.3 Å². The van der Waals surface area contributed by atoms with Crippen LogP contribution in [-0.4, -0.2) is 54.8 Å². The Morgan fingerprint density at radius 1 is 0.757 bits per heavy atom. The van der Waals surface area contributed by atoms with Crippen molar-refractivity contribution < 1.29 is 71.3 Å². The second-order valence-corrected chi connectivity index (χ2v) is 8.11. The largest absolute Gasteiger partial charge is 0.494 e. The third-order valence-corrected chi connectivity index (χ3v) is 5.29. The molecule has 0 fully saturated rings. The molecule has 3 nitrogen and oxygen atoms in total. The van der Waals surface area contributed by atoms with Gasteiger partial charge in [0.25, 0.3) is 0 Å². The molecule has 0 saturated heterocycles. The number of carbonyl (C=O) groups excluding carboxylic acids is 1. The van der Waals surface area contributed by atoms with Gasteiger partial charge in [0.15, 0.2) is 0 Å². The second-order valence-electron chi connectivity index (χ2n) is 8.11. The van der Waals surface area contributed by atoms with Crippen LogP contribution in [0.25, 0.3) is 0 Å². The summed E-state index contributed by atoms with van der Waals surface area (Å²) in [6.07, 6.45) is -10.7. The number of hydrogen-bond donors (Lipinski definition) is 0. The smallest absolute Gasteiger partial charge is 0.460 e. The number of halogens is 13. The summed E-state index contributed by atoms with van der Waals surface area (Å²) in [4.78, 5) is 10.7. The van der Waals surface area contributed by atoms with E-state index in [0.717, 1.165) is 0 Å². The number of benzene rings is 1. The zero-order valence-electron chi connectivity index (χ0n) is 19.0. The average Bonchev–Trinajstić information content (AvgIpc) is 2.79. The van der Waals surface area contributed by atoms with E-state index in [-0.39, 0.29) is 18.3 Å². The Kier molecular flexibility index (Phi) is 9.95. The van der Waals surface area contributed by atoms with Crippen molar-refractivity contribution in [3.8, 4) is 5.75 Å². The number of ether oxygens (including phenoxy) is 2. The molecular weight excluding hydrogens is 547 g/mol. The fourth-order valence-corrected chi connectivity index (χ4v) is 2.62. The van der Waals surface area contributed by atoms with E-state index in [4.69, 9.17) is 9.47 Å². The molecule has 16 heteroatoms. The molecule has 0 N–H and O–H groups in total. The highest BCUT2D eigenvalue weighted by atomic mass is 19.4. The summed E-state index contributed by atoms with van der Waals surface area (Å²) in [5.41, 5.74) is 0.572. The van der Waals surface area contributed by atoms with Crippen molar-refractivity contribution in [3.05, 3.63) is 29.8 Å². The van der Waals surface area contributed by atoms with Crippen LogP contribution in [0.2, 0.25) is 0 Å². The van der Waals surface area contributed by atoms with Gasteiger partial charge in [-0.3, -0.25) is 0 Å². The van der Waals surface area contributed by atoms with Gasteiger partial charge in [-0.05, 0) is 31.0 Å². The molecule has 1 rings (SSSR count). The highest BCUT2D eigenvalue weighted by molar-refractivity contribution is 5.53. The first-order valence-corrected chi connectivity index (χ1v) is 10.3. The maximum absolute atomic E-state index is 13.7. The van der Waals surface area contributed by atoms with Crippen molar-refractivity contribution in [3.63, 3.8) is 0 Å². The Labute approximate surface area is 201 Å².